The lowest BCUT2D eigenvalue weighted by atomic mass is 10.0. The third-order valence-corrected chi connectivity index (χ3v) is 4.18. The second kappa shape index (κ2) is 7.84. The summed E-state index contributed by atoms with van der Waals surface area (Å²) in [6.45, 7) is 0.0268. The number of fused-ring (bicyclic) bond motifs is 1. The molecule has 0 bridgehead atoms. The fraction of sp³-hybridized carbons (Fsp3) is 0.0909. The highest BCUT2D eigenvalue weighted by Gasteiger charge is 2.14. The van der Waals surface area contributed by atoms with Crippen molar-refractivity contribution in [3.8, 4) is 17.2 Å². The molecule has 28 heavy (non-hydrogen) atoms. The van der Waals surface area contributed by atoms with Crippen LogP contribution in [0.2, 0.25) is 0 Å². The van der Waals surface area contributed by atoms with Gasteiger partial charge in [0.15, 0.2) is 23.9 Å². The van der Waals surface area contributed by atoms with E-state index in [0.717, 1.165) is 0 Å². The van der Waals surface area contributed by atoms with E-state index in [0.29, 0.717) is 34.1 Å². The topological polar surface area (TPSA) is 73.9 Å². The van der Waals surface area contributed by atoms with Crippen molar-refractivity contribution < 1.29 is 23.8 Å². The van der Waals surface area contributed by atoms with Crippen LogP contribution in [-0.2, 0) is 4.79 Å². The van der Waals surface area contributed by atoms with Gasteiger partial charge in [-0.3, -0.25) is 9.59 Å². The highest BCUT2D eigenvalue weighted by Crippen LogP contribution is 2.34. The first-order valence-electron chi connectivity index (χ1n) is 8.71. The second-order valence-electron chi connectivity index (χ2n) is 6.12. The van der Waals surface area contributed by atoms with Crippen molar-refractivity contribution in [2.45, 2.75) is 0 Å². The van der Waals surface area contributed by atoms with Gasteiger partial charge in [0.05, 0.1) is 0 Å². The first-order valence-corrected chi connectivity index (χ1v) is 8.71. The molecule has 0 aliphatic carbocycles. The summed E-state index contributed by atoms with van der Waals surface area (Å²) >= 11 is 0. The van der Waals surface area contributed by atoms with Crippen LogP contribution in [0.25, 0.3) is 0 Å². The molecule has 0 saturated heterocycles. The zero-order valence-corrected chi connectivity index (χ0v) is 14.9. The molecule has 1 amide bonds. The summed E-state index contributed by atoms with van der Waals surface area (Å²) < 4.78 is 16.0. The van der Waals surface area contributed by atoms with E-state index in [4.69, 9.17) is 14.2 Å². The lowest BCUT2D eigenvalue weighted by molar-refractivity contribution is -0.118. The van der Waals surface area contributed by atoms with E-state index in [9.17, 15) is 9.59 Å². The van der Waals surface area contributed by atoms with Gasteiger partial charge in [0.1, 0.15) is 5.75 Å². The summed E-state index contributed by atoms with van der Waals surface area (Å²) in [5, 5.41) is 2.74. The number of benzene rings is 3. The van der Waals surface area contributed by atoms with Crippen molar-refractivity contribution >= 4 is 17.4 Å². The number of anilines is 1. The van der Waals surface area contributed by atoms with E-state index in [1.54, 1.807) is 54.6 Å². The highest BCUT2D eigenvalue weighted by molar-refractivity contribution is 6.09. The Morgan fingerprint density at radius 2 is 1.57 bits per heavy atom. The van der Waals surface area contributed by atoms with E-state index in [-0.39, 0.29) is 25.1 Å². The van der Waals surface area contributed by atoms with Gasteiger partial charge in [-0.25, -0.2) is 0 Å². The van der Waals surface area contributed by atoms with Gasteiger partial charge in [-0.2, -0.15) is 0 Å². The van der Waals surface area contributed by atoms with Crippen LogP contribution in [0, 0.1) is 0 Å². The molecular weight excluding hydrogens is 358 g/mol. The normalized spacial score (nSPS) is 11.7. The molecule has 1 N–H and O–H groups in total. The maximum absolute atomic E-state index is 12.4. The number of rotatable bonds is 6. The van der Waals surface area contributed by atoms with Crippen molar-refractivity contribution in [1.29, 1.82) is 0 Å². The largest absolute Gasteiger partial charge is 0.484 e. The molecule has 1 aliphatic rings. The van der Waals surface area contributed by atoms with Crippen LogP contribution in [0.4, 0.5) is 5.69 Å². The average Bonchev–Trinajstić information content (AvgIpc) is 3.21. The molecule has 6 nitrogen and oxygen atoms in total. The maximum Gasteiger partial charge on any atom is 0.262 e. The Bertz CT molecular complexity index is 999. The molecule has 0 atom stereocenters. The third-order valence-electron chi connectivity index (χ3n) is 4.18. The first-order chi connectivity index (χ1) is 13.7. The van der Waals surface area contributed by atoms with Crippen LogP contribution < -0.4 is 19.5 Å². The van der Waals surface area contributed by atoms with Crippen LogP contribution >= 0.6 is 0 Å². The summed E-state index contributed by atoms with van der Waals surface area (Å²) in [5.41, 5.74) is 1.78. The van der Waals surface area contributed by atoms with Gasteiger partial charge in [0.2, 0.25) is 6.79 Å². The molecule has 0 spiro atoms. The van der Waals surface area contributed by atoms with Gasteiger partial charge in [-0.1, -0.05) is 30.3 Å². The molecule has 1 aliphatic heterocycles. The van der Waals surface area contributed by atoms with Crippen LogP contribution in [0.5, 0.6) is 17.2 Å². The molecule has 3 aromatic rings. The molecule has 0 saturated carbocycles. The number of nitrogens with one attached hydrogen (secondary N) is 1. The number of carbonyl (C=O) groups excluding carboxylic acids is 2. The second-order valence-corrected chi connectivity index (χ2v) is 6.12. The maximum atomic E-state index is 12.4. The molecule has 140 valence electrons. The van der Waals surface area contributed by atoms with Crippen LogP contribution in [0.15, 0.2) is 72.8 Å². The number of ketones is 1. The van der Waals surface area contributed by atoms with Crippen LogP contribution in [0.1, 0.15) is 15.9 Å². The number of hydrogen-bond acceptors (Lipinski definition) is 5. The van der Waals surface area contributed by atoms with Crippen molar-refractivity contribution in [2.75, 3.05) is 18.7 Å². The summed E-state index contributed by atoms with van der Waals surface area (Å²) in [6, 6.07) is 20.9. The standard InChI is InChI=1S/C22H17NO5/c24-21(23-17-8-11-19-20(12-17)28-14-27-19)13-26-18-9-6-16(7-10-18)22(25)15-4-2-1-3-5-15/h1-12H,13-14H2,(H,23,24). The monoisotopic (exact) mass is 375 g/mol. The Hall–Kier alpha value is -3.80. The van der Waals surface area contributed by atoms with Crippen molar-refractivity contribution in [2.24, 2.45) is 0 Å². The Morgan fingerprint density at radius 3 is 2.36 bits per heavy atom. The molecule has 0 aromatic heterocycles. The third kappa shape index (κ3) is 3.96. The van der Waals surface area contributed by atoms with E-state index >= 15 is 0 Å². The Labute approximate surface area is 161 Å². The van der Waals surface area contributed by atoms with Gasteiger partial charge in [0.25, 0.3) is 5.91 Å². The van der Waals surface area contributed by atoms with E-state index in [2.05, 4.69) is 5.32 Å². The van der Waals surface area contributed by atoms with Gasteiger partial charge in [0, 0.05) is 22.9 Å². The van der Waals surface area contributed by atoms with Gasteiger partial charge in [-0.15, -0.1) is 0 Å². The summed E-state index contributed by atoms with van der Waals surface area (Å²) in [6.07, 6.45) is 0. The van der Waals surface area contributed by atoms with Crippen LogP contribution in [-0.4, -0.2) is 25.1 Å². The SMILES string of the molecule is O=C(COc1ccc(C(=O)c2ccccc2)cc1)Nc1ccc2c(c1)OCO2. The lowest BCUT2D eigenvalue weighted by Gasteiger charge is -2.09. The Morgan fingerprint density at radius 1 is 0.857 bits per heavy atom. The highest BCUT2D eigenvalue weighted by atomic mass is 16.7. The molecule has 1 heterocycles. The van der Waals surface area contributed by atoms with Crippen molar-refractivity contribution in [3.63, 3.8) is 0 Å². The summed E-state index contributed by atoms with van der Waals surface area (Å²) in [5.74, 6) is 1.39. The van der Waals surface area contributed by atoms with E-state index in [1.165, 1.54) is 0 Å². The van der Waals surface area contributed by atoms with Gasteiger partial charge < -0.3 is 19.5 Å². The minimum absolute atomic E-state index is 0.0623. The van der Waals surface area contributed by atoms with Crippen LogP contribution in [0.3, 0.4) is 0 Å². The summed E-state index contributed by atoms with van der Waals surface area (Å²) in [4.78, 5) is 24.5. The van der Waals surface area contributed by atoms with Crippen molar-refractivity contribution in [3.05, 3.63) is 83.9 Å². The molecule has 6 heteroatoms. The molecule has 0 fully saturated rings. The molecule has 4 rings (SSSR count). The fourth-order valence-electron chi connectivity index (χ4n) is 2.78. The minimum Gasteiger partial charge on any atom is -0.484 e. The van der Waals surface area contributed by atoms with Crippen molar-refractivity contribution in [1.82, 2.24) is 0 Å². The zero-order valence-electron chi connectivity index (χ0n) is 14.9. The van der Waals surface area contributed by atoms with E-state index in [1.807, 2.05) is 18.2 Å². The molecular formula is C22H17NO5. The first kappa shape index (κ1) is 17.6. The Balaban J connectivity index is 1.32. The molecule has 0 unspecified atom stereocenters. The number of ether oxygens (including phenoxy) is 3. The van der Waals surface area contributed by atoms with Gasteiger partial charge >= 0.3 is 0 Å². The minimum atomic E-state index is -0.302. The predicted octanol–water partition coefficient (Wildman–Crippen LogP) is 3.66. The smallest absolute Gasteiger partial charge is 0.262 e. The number of hydrogen-bond donors (Lipinski definition) is 1. The Kier molecular flexibility index (Phi) is 4.93. The molecule has 3 aromatic carbocycles. The van der Waals surface area contributed by atoms with E-state index < -0.39 is 0 Å². The lowest BCUT2D eigenvalue weighted by Crippen LogP contribution is -2.20. The summed E-state index contributed by atoms with van der Waals surface area (Å²) in [7, 11) is 0. The number of carbonyl (C=O) groups is 2. The average molecular weight is 375 g/mol. The number of amides is 1. The zero-order chi connectivity index (χ0) is 19.3. The quantitative estimate of drug-likeness (QED) is 0.666. The van der Waals surface area contributed by atoms with Gasteiger partial charge in [-0.05, 0) is 36.4 Å². The predicted molar refractivity (Wildman–Crippen MR) is 103 cm³/mol. The molecule has 0 radical (unpaired) electrons. The fourth-order valence-corrected chi connectivity index (χ4v) is 2.78.